The number of oxazole rings is 1. The lowest BCUT2D eigenvalue weighted by molar-refractivity contribution is 0.102. The zero-order chi connectivity index (χ0) is 17.8. The predicted octanol–water partition coefficient (Wildman–Crippen LogP) is 3.26. The first-order valence-electron chi connectivity index (χ1n) is 8.03. The molecule has 3 aromatic rings. The molecular formula is C19H19N3O3. The number of pyridine rings is 1. The van der Waals surface area contributed by atoms with E-state index in [0.717, 1.165) is 5.56 Å². The Balaban J connectivity index is 1.78. The van der Waals surface area contributed by atoms with Crippen molar-refractivity contribution in [2.24, 2.45) is 0 Å². The number of hydrogen-bond donors (Lipinski definition) is 1. The van der Waals surface area contributed by atoms with Gasteiger partial charge in [-0.25, -0.2) is 4.98 Å². The summed E-state index contributed by atoms with van der Waals surface area (Å²) in [4.78, 5) is 28.3. The van der Waals surface area contributed by atoms with Gasteiger partial charge in [-0.2, -0.15) is 0 Å². The quantitative estimate of drug-likeness (QED) is 0.775. The van der Waals surface area contributed by atoms with E-state index in [4.69, 9.17) is 4.42 Å². The van der Waals surface area contributed by atoms with Crippen LogP contribution in [0.1, 0.15) is 41.6 Å². The summed E-state index contributed by atoms with van der Waals surface area (Å²) in [5.74, 6) is 0.315. The van der Waals surface area contributed by atoms with E-state index >= 15 is 0 Å². The minimum Gasteiger partial charge on any atom is -0.447 e. The highest BCUT2D eigenvalue weighted by Gasteiger charge is 2.19. The highest BCUT2D eigenvalue weighted by Crippen LogP contribution is 2.20. The number of nitrogens with zero attached hydrogens (tertiary/aromatic N) is 2. The van der Waals surface area contributed by atoms with Gasteiger partial charge in [0.25, 0.3) is 11.5 Å². The van der Waals surface area contributed by atoms with Crippen molar-refractivity contribution in [2.45, 2.75) is 26.3 Å². The van der Waals surface area contributed by atoms with Crippen LogP contribution in [0.15, 0.2) is 64.3 Å². The summed E-state index contributed by atoms with van der Waals surface area (Å²) < 4.78 is 6.90. The van der Waals surface area contributed by atoms with Gasteiger partial charge in [-0.3, -0.25) is 9.59 Å². The van der Waals surface area contributed by atoms with Crippen LogP contribution in [0.2, 0.25) is 0 Å². The molecule has 0 atom stereocenters. The molecule has 0 unspecified atom stereocenters. The molecule has 0 aliphatic rings. The summed E-state index contributed by atoms with van der Waals surface area (Å²) in [5, 5.41) is 2.83. The van der Waals surface area contributed by atoms with Crippen LogP contribution in [-0.2, 0) is 6.54 Å². The van der Waals surface area contributed by atoms with Crippen molar-refractivity contribution in [3.05, 3.63) is 82.4 Å². The van der Waals surface area contributed by atoms with Crippen molar-refractivity contribution in [1.29, 1.82) is 0 Å². The maximum Gasteiger partial charge on any atom is 0.277 e. The van der Waals surface area contributed by atoms with E-state index in [0.29, 0.717) is 23.7 Å². The first kappa shape index (κ1) is 16.7. The van der Waals surface area contributed by atoms with Crippen LogP contribution in [-0.4, -0.2) is 15.5 Å². The van der Waals surface area contributed by atoms with Crippen molar-refractivity contribution in [3.8, 4) is 0 Å². The number of nitrogens with one attached hydrogen (secondary N) is 1. The Hall–Kier alpha value is -3.15. The Labute approximate surface area is 145 Å². The van der Waals surface area contributed by atoms with E-state index in [1.807, 2.05) is 38.1 Å². The molecule has 128 valence electrons. The summed E-state index contributed by atoms with van der Waals surface area (Å²) in [5.41, 5.74) is 1.78. The summed E-state index contributed by atoms with van der Waals surface area (Å²) >= 11 is 0. The first-order valence-corrected chi connectivity index (χ1v) is 8.03. The first-order chi connectivity index (χ1) is 12.0. The van der Waals surface area contributed by atoms with E-state index in [1.54, 1.807) is 22.9 Å². The molecule has 0 saturated carbocycles. The van der Waals surface area contributed by atoms with Crippen LogP contribution in [0, 0.1) is 0 Å². The van der Waals surface area contributed by atoms with Gasteiger partial charge >= 0.3 is 0 Å². The maximum atomic E-state index is 12.4. The zero-order valence-electron chi connectivity index (χ0n) is 14.1. The monoisotopic (exact) mass is 337 g/mol. The van der Waals surface area contributed by atoms with Crippen molar-refractivity contribution < 1.29 is 9.21 Å². The topological polar surface area (TPSA) is 77.1 Å². The second-order valence-corrected chi connectivity index (χ2v) is 6.04. The highest BCUT2D eigenvalue weighted by atomic mass is 16.3. The third-order valence-corrected chi connectivity index (χ3v) is 3.77. The molecule has 6 nitrogen and oxygen atoms in total. The summed E-state index contributed by atoms with van der Waals surface area (Å²) in [6, 6.07) is 12.4. The van der Waals surface area contributed by atoms with Crippen molar-refractivity contribution in [2.75, 3.05) is 5.32 Å². The lowest BCUT2D eigenvalue weighted by Gasteiger charge is -2.09. The fraction of sp³-hybridized carbons (Fsp3) is 0.211. The number of hydrogen-bond acceptors (Lipinski definition) is 4. The van der Waals surface area contributed by atoms with Crippen LogP contribution in [0.4, 0.5) is 5.69 Å². The van der Waals surface area contributed by atoms with E-state index in [-0.39, 0.29) is 17.4 Å². The molecule has 0 aliphatic carbocycles. The Morgan fingerprint density at radius 3 is 2.84 bits per heavy atom. The molecule has 1 N–H and O–H groups in total. The molecular weight excluding hydrogens is 318 g/mol. The van der Waals surface area contributed by atoms with Gasteiger partial charge in [0.05, 0.1) is 6.54 Å². The predicted molar refractivity (Wildman–Crippen MR) is 94.8 cm³/mol. The van der Waals surface area contributed by atoms with Crippen LogP contribution in [0.3, 0.4) is 0 Å². The molecule has 1 aromatic carbocycles. The molecule has 0 saturated heterocycles. The van der Waals surface area contributed by atoms with Crippen molar-refractivity contribution >= 4 is 11.6 Å². The van der Waals surface area contributed by atoms with E-state index < -0.39 is 0 Å². The van der Waals surface area contributed by atoms with Gasteiger partial charge in [-0.05, 0) is 23.8 Å². The zero-order valence-corrected chi connectivity index (χ0v) is 14.1. The second kappa shape index (κ2) is 7.17. The normalized spacial score (nSPS) is 10.8. The number of anilines is 1. The number of carbonyl (C=O) groups excluding carboxylic acids is 1. The number of amides is 1. The molecule has 6 heteroatoms. The van der Waals surface area contributed by atoms with Gasteiger partial charge in [-0.1, -0.05) is 32.0 Å². The van der Waals surface area contributed by atoms with Crippen LogP contribution in [0.25, 0.3) is 0 Å². The van der Waals surface area contributed by atoms with Gasteiger partial charge in [0.15, 0.2) is 12.1 Å². The lowest BCUT2D eigenvalue weighted by Crippen LogP contribution is -2.18. The highest BCUT2D eigenvalue weighted by molar-refractivity contribution is 6.03. The largest absolute Gasteiger partial charge is 0.447 e. The molecule has 2 aromatic heterocycles. The number of benzene rings is 1. The number of carbonyl (C=O) groups is 1. The molecule has 3 rings (SSSR count). The second-order valence-electron chi connectivity index (χ2n) is 6.04. The van der Waals surface area contributed by atoms with E-state index in [1.165, 1.54) is 12.5 Å². The molecule has 0 radical (unpaired) electrons. The summed E-state index contributed by atoms with van der Waals surface area (Å²) in [6.45, 7) is 4.32. The Bertz CT molecular complexity index is 941. The van der Waals surface area contributed by atoms with Crippen LogP contribution >= 0.6 is 0 Å². The summed E-state index contributed by atoms with van der Waals surface area (Å²) in [6.07, 6.45) is 3.01. The van der Waals surface area contributed by atoms with Crippen molar-refractivity contribution in [3.63, 3.8) is 0 Å². The fourth-order valence-corrected chi connectivity index (χ4v) is 2.56. The molecule has 0 bridgehead atoms. The third kappa shape index (κ3) is 3.85. The minimum atomic E-state index is -0.313. The van der Waals surface area contributed by atoms with Crippen LogP contribution < -0.4 is 10.9 Å². The molecule has 2 heterocycles. The number of rotatable bonds is 5. The molecule has 0 fully saturated rings. The SMILES string of the molecule is CC(C)c1ocnc1C(=O)Nc1cccc(Cn2ccccc2=O)c1. The van der Waals surface area contributed by atoms with Gasteiger partial charge in [0.2, 0.25) is 0 Å². The van der Waals surface area contributed by atoms with E-state index in [2.05, 4.69) is 10.3 Å². The molecule has 0 aliphatic heterocycles. The average Bonchev–Trinajstić information content (AvgIpc) is 3.07. The lowest BCUT2D eigenvalue weighted by atomic mass is 10.1. The van der Waals surface area contributed by atoms with Crippen LogP contribution in [0.5, 0.6) is 0 Å². The Morgan fingerprint density at radius 1 is 1.24 bits per heavy atom. The van der Waals surface area contributed by atoms with Gasteiger partial charge < -0.3 is 14.3 Å². The molecule has 25 heavy (non-hydrogen) atoms. The van der Waals surface area contributed by atoms with Gasteiger partial charge in [0, 0.05) is 23.9 Å². The van der Waals surface area contributed by atoms with Gasteiger partial charge in [-0.15, -0.1) is 0 Å². The Morgan fingerprint density at radius 2 is 2.08 bits per heavy atom. The smallest absolute Gasteiger partial charge is 0.277 e. The van der Waals surface area contributed by atoms with Crippen molar-refractivity contribution in [1.82, 2.24) is 9.55 Å². The van der Waals surface area contributed by atoms with E-state index in [9.17, 15) is 9.59 Å². The maximum absolute atomic E-state index is 12.4. The fourth-order valence-electron chi connectivity index (χ4n) is 2.56. The average molecular weight is 337 g/mol. The third-order valence-electron chi connectivity index (χ3n) is 3.77. The molecule has 0 spiro atoms. The number of aromatic nitrogens is 2. The summed E-state index contributed by atoms with van der Waals surface area (Å²) in [7, 11) is 0. The molecule has 1 amide bonds. The standard InChI is InChI=1S/C19H19N3O3/c1-13(2)18-17(20-12-25-18)19(24)21-15-7-5-6-14(10-15)11-22-9-4-3-8-16(22)23/h3-10,12-13H,11H2,1-2H3,(H,21,24). The minimum absolute atomic E-state index is 0.0684. The Kier molecular flexibility index (Phi) is 4.79. The van der Waals surface area contributed by atoms with Gasteiger partial charge in [0.1, 0.15) is 5.76 Å².